The number of aliphatic hydroxyl groups excluding tert-OH is 1. The van der Waals surface area contributed by atoms with Gasteiger partial charge in [0.1, 0.15) is 0 Å². The summed E-state index contributed by atoms with van der Waals surface area (Å²) in [4.78, 5) is 16.6. The highest BCUT2D eigenvalue weighted by atomic mass is 16.3. The van der Waals surface area contributed by atoms with E-state index in [1.807, 2.05) is 44.2 Å². The Kier molecular flexibility index (Phi) is 9.06. The Hall–Kier alpha value is -2.86. The zero-order chi connectivity index (χ0) is 22.9. The van der Waals surface area contributed by atoms with Crippen molar-refractivity contribution in [2.75, 3.05) is 19.6 Å². The van der Waals surface area contributed by atoms with Crippen LogP contribution >= 0.6 is 0 Å². The maximum Gasteiger partial charge on any atom is 0.251 e. The maximum absolute atomic E-state index is 12.0. The van der Waals surface area contributed by atoms with Crippen molar-refractivity contribution in [3.63, 3.8) is 0 Å². The van der Waals surface area contributed by atoms with Gasteiger partial charge in [0.15, 0.2) is 5.96 Å². The summed E-state index contributed by atoms with van der Waals surface area (Å²) < 4.78 is 0. The molecule has 0 aromatic heterocycles. The average molecular weight is 425 g/mol. The Bertz CT molecular complexity index is 870. The highest BCUT2D eigenvalue weighted by Gasteiger charge is 2.15. The Morgan fingerprint density at radius 2 is 1.68 bits per heavy atom. The second-order valence-corrected chi connectivity index (χ2v) is 8.52. The molecule has 6 heteroatoms. The molecule has 0 aliphatic heterocycles. The number of amides is 1. The van der Waals surface area contributed by atoms with Crippen LogP contribution in [0.1, 0.15) is 67.8 Å². The van der Waals surface area contributed by atoms with Crippen LogP contribution in [-0.4, -0.2) is 36.6 Å². The largest absolute Gasteiger partial charge is 0.387 e. The van der Waals surface area contributed by atoms with Crippen LogP contribution in [-0.2, 0) is 12.0 Å². The molecule has 4 N–H and O–H groups in total. The number of rotatable bonds is 8. The normalized spacial score (nSPS) is 12.9. The van der Waals surface area contributed by atoms with E-state index in [9.17, 15) is 9.90 Å². The lowest BCUT2D eigenvalue weighted by atomic mass is 9.86. The summed E-state index contributed by atoms with van der Waals surface area (Å²) in [6.07, 6.45) is -0.640. The van der Waals surface area contributed by atoms with Crippen molar-refractivity contribution >= 4 is 11.9 Å². The third kappa shape index (κ3) is 7.72. The number of guanidine groups is 1. The van der Waals surface area contributed by atoms with Crippen molar-refractivity contribution in [2.45, 2.75) is 52.7 Å². The summed E-state index contributed by atoms with van der Waals surface area (Å²) in [6, 6.07) is 15.5. The van der Waals surface area contributed by atoms with Gasteiger partial charge >= 0.3 is 0 Å². The molecule has 168 valence electrons. The second kappa shape index (κ2) is 11.5. The number of nitrogens with one attached hydrogen (secondary N) is 3. The monoisotopic (exact) mass is 424 g/mol. The number of nitrogens with zero attached hydrogens (tertiary/aromatic N) is 1. The second-order valence-electron chi connectivity index (χ2n) is 8.52. The van der Waals surface area contributed by atoms with Crippen molar-refractivity contribution in [3.8, 4) is 0 Å². The summed E-state index contributed by atoms with van der Waals surface area (Å²) in [5.74, 6) is 0.537. The van der Waals surface area contributed by atoms with Crippen LogP contribution in [0.3, 0.4) is 0 Å². The Labute approximate surface area is 186 Å². The molecule has 2 aromatic rings. The lowest BCUT2D eigenvalue weighted by molar-refractivity contribution is 0.0955. The first kappa shape index (κ1) is 24.4. The van der Waals surface area contributed by atoms with Gasteiger partial charge in [0, 0.05) is 25.2 Å². The Morgan fingerprint density at radius 3 is 2.29 bits per heavy atom. The molecule has 0 bridgehead atoms. The molecule has 0 spiro atoms. The summed E-state index contributed by atoms with van der Waals surface area (Å²) in [7, 11) is 0. The first-order chi connectivity index (χ1) is 14.7. The number of aliphatic imine (C=N–C) groups is 1. The molecular formula is C25H36N4O2. The van der Waals surface area contributed by atoms with Crippen molar-refractivity contribution in [3.05, 3.63) is 70.8 Å². The number of hydrogen-bond donors (Lipinski definition) is 4. The number of carbonyl (C=O) groups excluding carboxylic acids is 1. The molecule has 0 aliphatic carbocycles. The summed E-state index contributed by atoms with van der Waals surface area (Å²) in [5, 5.41) is 19.8. The van der Waals surface area contributed by atoms with E-state index in [-0.39, 0.29) is 11.3 Å². The molecule has 0 radical (unpaired) electrons. The topological polar surface area (TPSA) is 85.8 Å². The van der Waals surface area contributed by atoms with Gasteiger partial charge in [-0.2, -0.15) is 0 Å². The van der Waals surface area contributed by atoms with Crippen LogP contribution in [0.2, 0.25) is 0 Å². The molecule has 0 aliphatic rings. The summed E-state index contributed by atoms with van der Waals surface area (Å²) >= 11 is 0. The van der Waals surface area contributed by atoms with E-state index < -0.39 is 6.10 Å². The van der Waals surface area contributed by atoms with Gasteiger partial charge in [-0.05, 0) is 48.1 Å². The lowest BCUT2D eigenvalue weighted by Gasteiger charge is -2.20. The molecule has 1 atom stereocenters. The first-order valence-corrected chi connectivity index (χ1v) is 10.9. The number of carbonyl (C=O) groups is 1. The quantitative estimate of drug-likeness (QED) is 0.386. The zero-order valence-corrected chi connectivity index (χ0v) is 19.3. The van der Waals surface area contributed by atoms with Gasteiger partial charge in [-0.25, -0.2) is 4.99 Å². The SMILES string of the molecule is CCNC(=O)c1cccc(CN=C(NCC)NCC(O)c2ccc(C(C)(C)C)cc2)c1. The van der Waals surface area contributed by atoms with Crippen LogP contribution in [0, 0.1) is 0 Å². The minimum Gasteiger partial charge on any atom is -0.387 e. The molecule has 0 heterocycles. The van der Waals surface area contributed by atoms with Gasteiger partial charge in [0.2, 0.25) is 0 Å². The van der Waals surface area contributed by atoms with E-state index in [1.165, 1.54) is 5.56 Å². The molecule has 2 aromatic carbocycles. The standard InChI is InChI=1S/C25H36N4O2/c1-6-26-23(31)20-10-8-9-18(15-20)16-28-24(27-7-2)29-17-22(30)19-11-13-21(14-12-19)25(3,4)5/h8-15,22,30H,6-7,16-17H2,1-5H3,(H,26,31)(H2,27,28,29). The van der Waals surface area contributed by atoms with E-state index >= 15 is 0 Å². The van der Waals surface area contributed by atoms with E-state index in [0.717, 1.165) is 11.1 Å². The predicted octanol–water partition coefficient (Wildman–Crippen LogP) is 3.52. The highest BCUT2D eigenvalue weighted by Crippen LogP contribution is 2.23. The summed E-state index contributed by atoms with van der Waals surface area (Å²) in [6.45, 7) is 12.5. The number of benzene rings is 2. The van der Waals surface area contributed by atoms with Crippen LogP contribution in [0.4, 0.5) is 0 Å². The van der Waals surface area contributed by atoms with Crippen LogP contribution in [0.5, 0.6) is 0 Å². The van der Waals surface area contributed by atoms with Crippen molar-refractivity contribution in [1.29, 1.82) is 0 Å². The van der Waals surface area contributed by atoms with Crippen LogP contribution in [0.25, 0.3) is 0 Å². The van der Waals surface area contributed by atoms with Gasteiger partial charge in [-0.3, -0.25) is 4.79 Å². The Morgan fingerprint density at radius 1 is 1.00 bits per heavy atom. The molecule has 0 saturated heterocycles. The minimum atomic E-state index is -0.640. The minimum absolute atomic E-state index is 0.0843. The Balaban J connectivity index is 2.00. The van der Waals surface area contributed by atoms with Crippen molar-refractivity contribution in [1.82, 2.24) is 16.0 Å². The first-order valence-electron chi connectivity index (χ1n) is 10.9. The fourth-order valence-corrected chi connectivity index (χ4v) is 3.10. The molecular weight excluding hydrogens is 388 g/mol. The van der Waals surface area contributed by atoms with E-state index in [4.69, 9.17) is 0 Å². The molecule has 6 nitrogen and oxygen atoms in total. The molecule has 1 unspecified atom stereocenters. The zero-order valence-electron chi connectivity index (χ0n) is 19.3. The third-order valence-corrected chi connectivity index (χ3v) is 4.91. The molecule has 31 heavy (non-hydrogen) atoms. The molecule has 0 saturated carbocycles. The number of hydrogen-bond acceptors (Lipinski definition) is 3. The van der Waals surface area contributed by atoms with Gasteiger partial charge in [0.25, 0.3) is 5.91 Å². The smallest absolute Gasteiger partial charge is 0.251 e. The lowest BCUT2D eigenvalue weighted by Crippen LogP contribution is -2.39. The van der Waals surface area contributed by atoms with Crippen molar-refractivity contribution in [2.24, 2.45) is 4.99 Å². The van der Waals surface area contributed by atoms with Gasteiger partial charge in [-0.15, -0.1) is 0 Å². The summed E-state index contributed by atoms with van der Waals surface area (Å²) in [5.41, 5.74) is 3.76. The van der Waals surface area contributed by atoms with E-state index in [0.29, 0.717) is 37.7 Å². The average Bonchev–Trinajstić information content (AvgIpc) is 2.75. The molecule has 0 fully saturated rings. The van der Waals surface area contributed by atoms with Gasteiger partial charge in [-0.1, -0.05) is 57.2 Å². The van der Waals surface area contributed by atoms with Crippen molar-refractivity contribution < 1.29 is 9.90 Å². The van der Waals surface area contributed by atoms with Crippen LogP contribution in [0.15, 0.2) is 53.5 Å². The fraction of sp³-hybridized carbons (Fsp3) is 0.440. The predicted molar refractivity (Wildman–Crippen MR) is 127 cm³/mol. The number of aliphatic hydroxyl groups is 1. The molecule has 2 rings (SSSR count). The highest BCUT2D eigenvalue weighted by molar-refractivity contribution is 5.94. The van der Waals surface area contributed by atoms with E-state index in [1.54, 1.807) is 6.07 Å². The van der Waals surface area contributed by atoms with Gasteiger partial charge in [0.05, 0.1) is 12.6 Å². The van der Waals surface area contributed by atoms with Crippen LogP contribution < -0.4 is 16.0 Å². The third-order valence-electron chi connectivity index (χ3n) is 4.91. The fourth-order valence-electron chi connectivity index (χ4n) is 3.10. The maximum atomic E-state index is 12.0. The van der Waals surface area contributed by atoms with E-state index in [2.05, 4.69) is 53.8 Å². The van der Waals surface area contributed by atoms with Gasteiger partial charge < -0.3 is 21.1 Å². The molecule has 1 amide bonds.